The van der Waals surface area contributed by atoms with Gasteiger partial charge >= 0.3 is 6.03 Å². The maximum absolute atomic E-state index is 12.5. The zero-order valence-electron chi connectivity index (χ0n) is 15.6. The molecule has 2 aromatic rings. The number of hydrogen-bond donors (Lipinski definition) is 3. The van der Waals surface area contributed by atoms with Crippen LogP contribution in [0.5, 0.6) is 0 Å². The van der Waals surface area contributed by atoms with E-state index in [-0.39, 0.29) is 11.8 Å². The summed E-state index contributed by atoms with van der Waals surface area (Å²) in [7, 11) is 0. The second kappa shape index (κ2) is 9.03. The summed E-state index contributed by atoms with van der Waals surface area (Å²) >= 11 is 0. The Morgan fingerprint density at radius 1 is 1.04 bits per heavy atom. The number of anilines is 1. The smallest absolute Gasteiger partial charge is 0.312 e. The number of likely N-dealkylation sites (tertiary alicyclic amines) is 1. The van der Waals surface area contributed by atoms with Gasteiger partial charge < -0.3 is 21.3 Å². The summed E-state index contributed by atoms with van der Waals surface area (Å²) in [6.45, 7) is 1.66. The molecule has 0 aliphatic carbocycles. The summed E-state index contributed by atoms with van der Waals surface area (Å²) in [5, 5.41) is 5.39. The molecule has 0 saturated carbocycles. The quantitative estimate of drug-likeness (QED) is 0.717. The molecule has 1 heterocycles. The molecule has 0 unspecified atom stereocenters. The number of benzene rings is 2. The van der Waals surface area contributed by atoms with Crippen LogP contribution in [0.4, 0.5) is 10.5 Å². The van der Waals surface area contributed by atoms with Crippen molar-refractivity contribution in [2.24, 2.45) is 5.73 Å². The van der Waals surface area contributed by atoms with Gasteiger partial charge in [0.1, 0.15) is 0 Å². The zero-order valence-corrected chi connectivity index (χ0v) is 15.6. The van der Waals surface area contributed by atoms with Gasteiger partial charge in [-0.1, -0.05) is 24.3 Å². The summed E-state index contributed by atoms with van der Waals surface area (Å²) < 4.78 is 0. The number of nitrogens with one attached hydrogen (secondary N) is 2. The summed E-state index contributed by atoms with van der Waals surface area (Å²) in [4.78, 5) is 37.1. The molecule has 1 aliphatic heterocycles. The van der Waals surface area contributed by atoms with Gasteiger partial charge in [0.25, 0.3) is 5.91 Å². The van der Waals surface area contributed by atoms with Crippen LogP contribution in [0.1, 0.15) is 40.7 Å². The van der Waals surface area contributed by atoms with Gasteiger partial charge in [-0.2, -0.15) is 0 Å². The van der Waals surface area contributed by atoms with Crippen LogP contribution in [-0.2, 0) is 17.9 Å². The van der Waals surface area contributed by atoms with Crippen LogP contribution in [0, 0.1) is 0 Å². The van der Waals surface area contributed by atoms with E-state index >= 15 is 0 Å². The topological polar surface area (TPSA) is 105 Å². The van der Waals surface area contributed by atoms with Crippen molar-refractivity contribution in [1.29, 1.82) is 0 Å². The van der Waals surface area contributed by atoms with Crippen molar-refractivity contribution in [1.82, 2.24) is 10.2 Å². The second-order valence-electron chi connectivity index (χ2n) is 6.84. The van der Waals surface area contributed by atoms with Gasteiger partial charge in [0.15, 0.2) is 0 Å². The van der Waals surface area contributed by atoms with Crippen LogP contribution in [0.25, 0.3) is 0 Å². The molecule has 1 saturated heterocycles. The Morgan fingerprint density at radius 3 is 2.54 bits per heavy atom. The number of urea groups is 1. The number of carbonyl (C=O) groups excluding carboxylic acids is 3. The van der Waals surface area contributed by atoms with Crippen LogP contribution in [0.2, 0.25) is 0 Å². The lowest BCUT2D eigenvalue weighted by Crippen LogP contribution is -2.34. The molecule has 28 heavy (non-hydrogen) atoms. The van der Waals surface area contributed by atoms with Crippen molar-refractivity contribution in [3.05, 3.63) is 65.2 Å². The van der Waals surface area contributed by atoms with Crippen LogP contribution in [-0.4, -0.2) is 29.3 Å². The Hall–Kier alpha value is -3.35. The molecule has 0 bridgehead atoms. The first kappa shape index (κ1) is 19.4. The minimum absolute atomic E-state index is 0.187. The minimum atomic E-state index is -0.590. The predicted octanol–water partition coefficient (Wildman–Crippen LogP) is 2.62. The van der Waals surface area contributed by atoms with E-state index in [1.165, 1.54) is 0 Å². The number of primary amides is 1. The van der Waals surface area contributed by atoms with E-state index in [9.17, 15) is 14.4 Å². The first-order valence-corrected chi connectivity index (χ1v) is 9.31. The molecule has 4 N–H and O–H groups in total. The fourth-order valence-electron chi connectivity index (χ4n) is 3.16. The Kier molecular flexibility index (Phi) is 6.26. The van der Waals surface area contributed by atoms with E-state index in [4.69, 9.17) is 5.73 Å². The van der Waals surface area contributed by atoms with Crippen LogP contribution in [0.3, 0.4) is 0 Å². The number of hydrogen-bond acceptors (Lipinski definition) is 3. The molecule has 0 spiro atoms. The van der Waals surface area contributed by atoms with Gasteiger partial charge in [-0.15, -0.1) is 0 Å². The number of piperidine rings is 1. The van der Waals surface area contributed by atoms with Gasteiger partial charge in [-0.05, 0) is 48.2 Å². The van der Waals surface area contributed by atoms with Crippen molar-refractivity contribution in [3.8, 4) is 0 Å². The lowest BCUT2D eigenvalue weighted by molar-refractivity contribution is -0.133. The lowest BCUT2D eigenvalue weighted by atomic mass is 10.1. The highest BCUT2D eigenvalue weighted by molar-refractivity contribution is 6.04. The standard InChI is InChI=1S/C21H24N4O3/c22-21(28)23-13-15-7-9-17(10-8-15)20(27)24-18-5-3-4-16(12-18)14-25-11-2-1-6-19(25)26/h3-5,7-10,12H,1-2,6,11,13-14H2,(H,24,27)(H3,22,23,28). The molecule has 2 aromatic carbocycles. The third-order valence-corrected chi connectivity index (χ3v) is 4.66. The largest absolute Gasteiger partial charge is 0.352 e. The van der Waals surface area contributed by atoms with Crippen LogP contribution in [0.15, 0.2) is 48.5 Å². The molecule has 7 heteroatoms. The Morgan fingerprint density at radius 2 is 1.82 bits per heavy atom. The van der Waals surface area contributed by atoms with Gasteiger partial charge in [0, 0.05) is 37.3 Å². The number of rotatable bonds is 6. The number of nitrogens with zero attached hydrogens (tertiary/aromatic N) is 1. The first-order valence-electron chi connectivity index (χ1n) is 9.31. The average Bonchev–Trinajstić information content (AvgIpc) is 2.69. The normalized spacial score (nSPS) is 13.9. The Labute approximate surface area is 163 Å². The highest BCUT2D eigenvalue weighted by Gasteiger charge is 2.18. The fraction of sp³-hybridized carbons (Fsp3) is 0.286. The predicted molar refractivity (Wildman–Crippen MR) is 107 cm³/mol. The average molecular weight is 380 g/mol. The summed E-state index contributed by atoms with van der Waals surface area (Å²) in [6, 6.07) is 13.9. The van der Waals surface area contributed by atoms with E-state index in [2.05, 4.69) is 10.6 Å². The van der Waals surface area contributed by atoms with Crippen LogP contribution >= 0.6 is 0 Å². The molecule has 0 atom stereocenters. The van der Waals surface area contributed by atoms with Gasteiger partial charge in [0.05, 0.1) is 0 Å². The van der Waals surface area contributed by atoms with Gasteiger partial charge in [-0.25, -0.2) is 4.79 Å². The summed E-state index contributed by atoms with van der Waals surface area (Å²) in [5.41, 5.74) is 8.08. The third-order valence-electron chi connectivity index (χ3n) is 4.66. The molecule has 3 rings (SSSR count). The van der Waals surface area contributed by atoms with Crippen molar-refractivity contribution in [2.45, 2.75) is 32.4 Å². The maximum atomic E-state index is 12.5. The molecule has 7 nitrogen and oxygen atoms in total. The molecule has 4 amide bonds. The van der Waals surface area contributed by atoms with Crippen molar-refractivity contribution < 1.29 is 14.4 Å². The summed E-state index contributed by atoms with van der Waals surface area (Å²) in [5.74, 6) is -0.0350. The summed E-state index contributed by atoms with van der Waals surface area (Å²) in [6.07, 6.45) is 2.61. The van der Waals surface area contributed by atoms with Crippen molar-refractivity contribution in [3.63, 3.8) is 0 Å². The SMILES string of the molecule is NC(=O)NCc1ccc(C(=O)Nc2cccc(CN3CCCCC3=O)c2)cc1. The van der Waals surface area contributed by atoms with E-state index in [0.29, 0.717) is 30.8 Å². The van der Waals surface area contributed by atoms with E-state index in [1.807, 2.05) is 29.2 Å². The minimum Gasteiger partial charge on any atom is -0.352 e. The Bertz CT molecular complexity index is 864. The molecular formula is C21H24N4O3. The van der Waals surface area contributed by atoms with E-state index in [0.717, 1.165) is 30.5 Å². The fourth-order valence-corrected chi connectivity index (χ4v) is 3.16. The van der Waals surface area contributed by atoms with Crippen LogP contribution < -0.4 is 16.4 Å². The zero-order chi connectivity index (χ0) is 19.9. The highest BCUT2D eigenvalue weighted by Crippen LogP contribution is 2.18. The van der Waals surface area contributed by atoms with Gasteiger partial charge in [0.2, 0.25) is 5.91 Å². The molecule has 0 aromatic heterocycles. The van der Waals surface area contributed by atoms with E-state index < -0.39 is 6.03 Å². The first-order chi connectivity index (χ1) is 13.5. The maximum Gasteiger partial charge on any atom is 0.312 e. The van der Waals surface area contributed by atoms with Gasteiger partial charge in [-0.3, -0.25) is 9.59 Å². The molecule has 0 radical (unpaired) electrons. The lowest BCUT2D eigenvalue weighted by Gasteiger charge is -2.26. The number of amides is 4. The number of nitrogens with two attached hydrogens (primary N) is 1. The van der Waals surface area contributed by atoms with E-state index in [1.54, 1.807) is 24.3 Å². The third kappa shape index (κ3) is 5.33. The molecule has 1 aliphatic rings. The molecule has 146 valence electrons. The van der Waals surface area contributed by atoms with Crippen molar-refractivity contribution >= 4 is 23.5 Å². The highest BCUT2D eigenvalue weighted by atomic mass is 16.2. The Balaban J connectivity index is 1.60. The molecule has 1 fully saturated rings. The number of carbonyl (C=O) groups is 3. The second-order valence-corrected chi connectivity index (χ2v) is 6.84. The monoisotopic (exact) mass is 380 g/mol. The van der Waals surface area contributed by atoms with Crippen molar-refractivity contribution in [2.75, 3.05) is 11.9 Å². The molecular weight excluding hydrogens is 356 g/mol.